The largest absolute Gasteiger partial charge is 0.491 e. The van der Waals surface area contributed by atoms with Crippen LogP contribution in [0.15, 0.2) is 59.0 Å². The highest BCUT2D eigenvalue weighted by Crippen LogP contribution is 2.29. The molecule has 1 amide bonds. The summed E-state index contributed by atoms with van der Waals surface area (Å²) in [6.45, 7) is 9.97. The first-order chi connectivity index (χ1) is 13.7. The fourth-order valence-corrected chi connectivity index (χ4v) is 2.89. The Morgan fingerprint density at radius 1 is 1.07 bits per heavy atom. The summed E-state index contributed by atoms with van der Waals surface area (Å²) in [5.41, 5.74) is 1.33. The van der Waals surface area contributed by atoms with Gasteiger partial charge in [0.05, 0.1) is 6.04 Å². The molecule has 2 aromatic carbocycles. The molecular formula is C24H29NO4. The predicted molar refractivity (Wildman–Crippen MR) is 115 cm³/mol. The monoisotopic (exact) mass is 395 g/mol. The Labute approximate surface area is 172 Å². The van der Waals surface area contributed by atoms with E-state index in [4.69, 9.17) is 13.9 Å². The Morgan fingerprint density at radius 2 is 1.76 bits per heavy atom. The molecule has 0 fully saturated rings. The molecule has 5 heteroatoms. The fourth-order valence-electron chi connectivity index (χ4n) is 2.89. The lowest BCUT2D eigenvalue weighted by Crippen LogP contribution is -2.45. The number of hydrogen-bond acceptors (Lipinski definition) is 4. The van der Waals surface area contributed by atoms with Crippen LogP contribution >= 0.6 is 0 Å². The normalized spacial score (nSPS) is 12.8. The zero-order chi connectivity index (χ0) is 21.0. The first-order valence-electron chi connectivity index (χ1n) is 9.92. The molecule has 0 radical (unpaired) electrons. The van der Waals surface area contributed by atoms with Gasteiger partial charge in [0.2, 0.25) is 0 Å². The van der Waals surface area contributed by atoms with Gasteiger partial charge in [0.25, 0.3) is 0 Å². The number of alkyl carbamates (subject to hydrolysis) is 1. The van der Waals surface area contributed by atoms with Gasteiger partial charge in [-0.3, -0.25) is 0 Å². The molecule has 0 saturated heterocycles. The number of carbonyl (C=O) groups is 1. The van der Waals surface area contributed by atoms with Crippen LogP contribution in [0.25, 0.3) is 22.3 Å². The molecule has 0 saturated carbocycles. The lowest BCUT2D eigenvalue weighted by molar-refractivity contribution is 0.0469. The molecule has 0 spiro atoms. The Hall–Kier alpha value is -2.95. The standard InChI is InChI=1S/C24H29NO4/c1-16(2)20(25-23(26)29-24(3,4)5)15-27-19-12-10-17(11-13-19)22-14-18-8-6-7-9-21(18)28-22/h6-14,16,20H,15H2,1-5H3,(H,25,26)/t20-/m1/s1. The zero-order valence-electron chi connectivity index (χ0n) is 17.7. The van der Waals surface area contributed by atoms with Crippen LogP contribution in [0.4, 0.5) is 4.79 Å². The van der Waals surface area contributed by atoms with Crippen LogP contribution in [0, 0.1) is 5.92 Å². The summed E-state index contributed by atoms with van der Waals surface area (Å²) in [6.07, 6.45) is -0.431. The van der Waals surface area contributed by atoms with Crippen LogP contribution < -0.4 is 10.1 Å². The SMILES string of the molecule is CC(C)[C@@H](COc1ccc(-c2cc3ccccc3o2)cc1)NC(=O)OC(C)(C)C. The maximum absolute atomic E-state index is 12.1. The minimum Gasteiger partial charge on any atom is -0.491 e. The lowest BCUT2D eigenvalue weighted by Gasteiger charge is -2.25. The van der Waals surface area contributed by atoms with E-state index in [1.54, 1.807) is 0 Å². The van der Waals surface area contributed by atoms with E-state index in [1.165, 1.54) is 0 Å². The van der Waals surface area contributed by atoms with E-state index in [-0.39, 0.29) is 12.0 Å². The second-order valence-electron chi connectivity index (χ2n) is 8.48. The predicted octanol–water partition coefficient (Wildman–Crippen LogP) is 6.03. The number of carbonyl (C=O) groups excluding carboxylic acids is 1. The topological polar surface area (TPSA) is 60.7 Å². The minimum absolute atomic E-state index is 0.153. The average Bonchev–Trinajstić information content (AvgIpc) is 3.08. The first-order valence-corrected chi connectivity index (χ1v) is 9.92. The number of rotatable bonds is 6. The third-order valence-electron chi connectivity index (χ3n) is 4.50. The molecular weight excluding hydrogens is 366 g/mol. The highest BCUT2D eigenvalue weighted by atomic mass is 16.6. The molecule has 0 aliphatic carbocycles. The van der Waals surface area contributed by atoms with Crippen LogP contribution in [-0.2, 0) is 4.74 Å². The van der Waals surface area contributed by atoms with E-state index in [0.29, 0.717) is 6.61 Å². The van der Waals surface area contributed by atoms with Crippen LogP contribution in [0.3, 0.4) is 0 Å². The van der Waals surface area contributed by atoms with Gasteiger partial charge in [0.1, 0.15) is 29.3 Å². The Kier molecular flexibility index (Phi) is 6.16. The molecule has 3 aromatic rings. The summed E-state index contributed by atoms with van der Waals surface area (Å²) >= 11 is 0. The van der Waals surface area contributed by atoms with Crippen molar-refractivity contribution < 1.29 is 18.7 Å². The highest BCUT2D eigenvalue weighted by Gasteiger charge is 2.22. The van der Waals surface area contributed by atoms with Gasteiger partial charge in [0.15, 0.2) is 0 Å². The highest BCUT2D eigenvalue weighted by molar-refractivity contribution is 5.82. The van der Waals surface area contributed by atoms with E-state index < -0.39 is 11.7 Å². The summed E-state index contributed by atoms with van der Waals surface area (Å²) < 4.78 is 17.2. The molecule has 3 rings (SSSR count). The summed E-state index contributed by atoms with van der Waals surface area (Å²) in [7, 11) is 0. The van der Waals surface area contributed by atoms with Crippen LogP contribution in [0.5, 0.6) is 5.75 Å². The Morgan fingerprint density at radius 3 is 2.38 bits per heavy atom. The van der Waals surface area contributed by atoms with E-state index in [0.717, 1.165) is 28.0 Å². The number of hydrogen-bond donors (Lipinski definition) is 1. The molecule has 1 N–H and O–H groups in total. The van der Waals surface area contributed by atoms with Crippen molar-refractivity contribution in [3.8, 4) is 17.1 Å². The van der Waals surface area contributed by atoms with Gasteiger partial charge in [0, 0.05) is 10.9 Å². The van der Waals surface area contributed by atoms with E-state index in [2.05, 4.69) is 5.32 Å². The Balaban J connectivity index is 1.61. The van der Waals surface area contributed by atoms with Crippen molar-refractivity contribution in [2.45, 2.75) is 46.3 Å². The molecule has 29 heavy (non-hydrogen) atoms. The summed E-state index contributed by atoms with van der Waals surface area (Å²) in [5.74, 6) is 1.77. The fraction of sp³-hybridized carbons (Fsp3) is 0.375. The van der Waals surface area contributed by atoms with Crippen molar-refractivity contribution in [1.29, 1.82) is 0 Å². The van der Waals surface area contributed by atoms with Crippen molar-refractivity contribution in [2.24, 2.45) is 5.92 Å². The maximum Gasteiger partial charge on any atom is 0.407 e. The molecule has 1 heterocycles. The van der Waals surface area contributed by atoms with Crippen molar-refractivity contribution in [3.05, 3.63) is 54.6 Å². The van der Waals surface area contributed by atoms with Crippen LogP contribution in [-0.4, -0.2) is 24.3 Å². The number of ether oxygens (including phenoxy) is 2. The molecule has 0 aliphatic rings. The average molecular weight is 395 g/mol. The molecule has 0 aliphatic heterocycles. The smallest absolute Gasteiger partial charge is 0.407 e. The van der Waals surface area contributed by atoms with E-state index >= 15 is 0 Å². The number of amides is 1. The quantitative estimate of drug-likeness (QED) is 0.554. The van der Waals surface area contributed by atoms with Gasteiger partial charge in [-0.05, 0) is 63.1 Å². The molecule has 0 unspecified atom stereocenters. The van der Waals surface area contributed by atoms with Crippen molar-refractivity contribution >= 4 is 17.1 Å². The van der Waals surface area contributed by atoms with Gasteiger partial charge < -0.3 is 19.2 Å². The molecule has 1 aromatic heterocycles. The summed E-state index contributed by atoms with van der Waals surface area (Å²) in [4.78, 5) is 12.1. The third-order valence-corrected chi connectivity index (χ3v) is 4.50. The van der Waals surface area contributed by atoms with Gasteiger partial charge in [-0.25, -0.2) is 4.79 Å². The maximum atomic E-state index is 12.1. The molecule has 5 nitrogen and oxygen atoms in total. The lowest BCUT2D eigenvalue weighted by atomic mass is 10.1. The van der Waals surface area contributed by atoms with Crippen LogP contribution in [0.1, 0.15) is 34.6 Å². The molecule has 1 atom stereocenters. The van der Waals surface area contributed by atoms with Crippen LogP contribution in [0.2, 0.25) is 0 Å². The Bertz CT molecular complexity index is 918. The van der Waals surface area contributed by atoms with Crippen molar-refractivity contribution in [3.63, 3.8) is 0 Å². The number of para-hydroxylation sites is 1. The van der Waals surface area contributed by atoms with Gasteiger partial charge in [-0.1, -0.05) is 32.0 Å². The van der Waals surface area contributed by atoms with E-state index in [1.807, 2.05) is 89.2 Å². The molecule has 154 valence electrons. The number of nitrogens with one attached hydrogen (secondary N) is 1. The van der Waals surface area contributed by atoms with Gasteiger partial charge in [-0.15, -0.1) is 0 Å². The van der Waals surface area contributed by atoms with Crippen molar-refractivity contribution in [2.75, 3.05) is 6.61 Å². The van der Waals surface area contributed by atoms with E-state index in [9.17, 15) is 4.79 Å². The second-order valence-corrected chi connectivity index (χ2v) is 8.48. The van der Waals surface area contributed by atoms with Gasteiger partial charge >= 0.3 is 6.09 Å². The minimum atomic E-state index is -0.529. The number of fused-ring (bicyclic) bond motifs is 1. The summed E-state index contributed by atoms with van der Waals surface area (Å²) in [5, 5.41) is 3.97. The first kappa shape index (κ1) is 20.8. The number of benzene rings is 2. The number of furan rings is 1. The summed E-state index contributed by atoms with van der Waals surface area (Å²) in [6, 6.07) is 17.6. The van der Waals surface area contributed by atoms with Crippen molar-refractivity contribution in [1.82, 2.24) is 5.32 Å². The van der Waals surface area contributed by atoms with Gasteiger partial charge in [-0.2, -0.15) is 0 Å². The zero-order valence-corrected chi connectivity index (χ0v) is 17.7. The third kappa shape index (κ3) is 5.76. The molecule has 0 bridgehead atoms. The second kappa shape index (κ2) is 8.60.